The summed E-state index contributed by atoms with van der Waals surface area (Å²) in [6.45, 7) is 1.88. The van der Waals surface area contributed by atoms with E-state index in [4.69, 9.17) is 16.6 Å². The van der Waals surface area contributed by atoms with Crippen molar-refractivity contribution in [2.45, 2.75) is 6.92 Å². The summed E-state index contributed by atoms with van der Waals surface area (Å²) in [5.74, 6) is 1.56. The minimum Gasteiger partial charge on any atom is -0.469 e. The Morgan fingerprint density at radius 1 is 1.50 bits per heavy atom. The SMILES string of the molecule is Cc1cc(-c2nc(=S)[nH][nH]2)co1. The zero-order valence-electron chi connectivity index (χ0n) is 6.42. The van der Waals surface area contributed by atoms with Crippen molar-refractivity contribution >= 4 is 12.2 Å². The number of rotatable bonds is 1. The van der Waals surface area contributed by atoms with Crippen molar-refractivity contribution in [2.75, 3.05) is 0 Å². The van der Waals surface area contributed by atoms with Gasteiger partial charge >= 0.3 is 0 Å². The zero-order valence-corrected chi connectivity index (χ0v) is 7.23. The van der Waals surface area contributed by atoms with Gasteiger partial charge < -0.3 is 4.42 Å². The fourth-order valence-electron chi connectivity index (χ4n) is 0.974. The van der Waals surface area contributed by atoms with Crippen LogP contribution in [0.1, 0.15) is 5.76 Å². The highest BCUT2D eigenvalue weighted by Crippen LogP contribution is 2.16. The summed E-state index contributed by atoms with van der Waals surface area (Å²) in [6, 6.07) is 1.89. The summed E-state index contributed by atoms with van der Waals surface area (Å²) in [4.78, 5) is 4.04. The molecule has 0 amide bonds. The van der Waals surface area contributed by atoms with Crippen LogP contribution in [-0.4, -0.2) is 15.2 Å². The van der Waals surface area contributed by atoms with E-state index < -0.39 is 0 Å². The molecular weight excluding hydrogens is 174 g/mol. The second kappa shape index (κ2) is 2.60. The lowest BCUT2D eigenvalue weighted by molar-refractivity contribution is 0.534. The highest BCUT2D eigenvalue weighted by molar-refractivity contribution is 7.71. The van der Waals surface area contributed by atoms with Crippen molar-refractivity contribution < 1.29 is 4.42 Å². The molecule has 0 aliphatic rings. The van der Waals surface area contributed by atoms with Crippen LogP contribution in [-0.2, 0) is 0 Å². The minimum atomic E-state index is 0.448. The molecule has 2 N–H and O–H groups in total. The molecule has 12 heavy (non-hydrogen) atoms. The maximum Gasteiger partial charge on any atom is 0.213 e. The first-order chi connectivity index (χ1) is 5.75. The predicted molar refractivity (Wildman–Crippen MR) is 46.2 cm³/mol. The third-order valence-corrected chi connectivity index (χ3v) is 1.70. The van der Waals surface area contributed by atoms with Gasteiger partial charge in [-0.2, -0.15) is 4.98 Å². The molecule has 0 aromatic carbocycles. The number of aromatic amines is 2. The van der Waals surface area contributed by atoms with E-state index in [1.54, 1.807) is 6.26 Å². The second-order valence-electron chi connectivity index (χ2n) is 2.46. The first kappa shape index (κ1) is 7.30. The summed E-state index contributed by atoms with van der Waals surface area (Å²) in [5.41, 5.74) is 0.903. The highest BCUT2D eigenvalue weighted by Gasteiger charge is 2.03. The number of furan rings is 1. The molecule has 0 aliphatic heterocycles. The van der Waals surface area contributed by atoms with E-state index in [1.807, 2.05) is 13.0 Å². The molecular formula is C7H7N3OS. The largest absolute Gasteiger partial charge is 0.469 e. The Labute approximate surface area is 73.6 Å². The Bertz CT molecular complexity index is 439. The van der Waals surface area contributed by atoms with Gasteiger partial charge in [0.2, 0.25) is 4.77 Å². The monoisotopic (exact) mass is 181 g/mol. The van der Waals surface area contributed by atoms with Crippen molar-refractivity contribution in [3.8, 4) is 11.4 Å². The van der Waals surface area contributed by atoms with Gasteiger partial charge in [0.05, 0.1) is 5.56 Å². The number of nitrogens with zero attached hydrogens (tertiary/aromatic N) is 1. The lowest BCUT2D eigenvalue weighted by Gasteiger charge is -1.83. The lowest BCUT2D eigenvalue weighted by atomic mass is 10.3. The molecule has 2 aromatic rings. The first-order valence-electron chi connectivity index (χ1n) is 3.46. The number of aromatic nitrogens is 3. The van der Waals surface area contributed by atoms with Gasteiger partial charge in [0, 0.05) is 0 Å². The van der Waals surface area contributed by atoms with Crippen LogP contribution < -0.4 is 0 Å². The number of nitrogens with one attached hydrogen (secondary N) is 2. The van der Waals surface area contributed by atoms with Gasteiger partial charge in [-0.1, -0.05) is 0 Å². The third kappa shape index (κ3) is 1.18. The van der Waals surface area contributed by atoms with E-state index in [0.29, 0.717) is 10.6 Å². The van der Waals surface area contributed by atoms with Gasteiger partial charge in [0.25, 0.3) is 0 Å². The zero-order chi connectivity index (χ0) is 8.55. The Hall–Kier alpha value is -1.36. The standard InChI is InChI=1S/C7H7N3OS/c1-4-2-5(3-11-4)6-8-7(12)10-9-6/h2-3H,1H3,(H2,8,9,10,12). The van der Waals surface area contributed by atoms with Gasteiger partial charge in [0.15, 0.2) is 5.82 Å². The number of aryl methyl sites for hydroxylation is 1. The van der Waals surface area contributed by atoms with Crippen LogP contribution in [0.15, 0.2) is 16.7 Å². The van der Waals surface area contributed by atoms with Crippen molar-refractivity contribution in [1.82, 2.24) is 15.2 Å². The second-order valence-corrected chi connectivity index (χ2v) is 2.85. The van der Waals surface area contributed by atoms with Crippen molar-refractivity contribution in [1.29, 1.82) is 0 Å². The van der Waals surface area contributed by atoms with E-state index in [-0.39, 0.29) is 0 Å². The van der Waals surface area contributed by atoms with Crippen molar-refractivity contribution in [2.24, 2.45) is 0 Å². The van der Waals surface area contributed by atoms with Crippen LogP contribution in [0.2, 0.25) is 0 Å². The molecule has 0 aliphatic carbocycles. The van der Waals surface area contributed by atoms with Gasteiger partial charge in [0.1, 0.15) is 12.0 Å². The van der Waals surface area contributed by atoms with Gasteiger partial charge in [-0.15, -0.1) is 0 Å². The topological polar surface area (TPSA) is 57.6 Å². The quantitative estimate of drug-likeness (QED) is 0.662. The van der Waals surface area contributed by atoms with Crippen LogP contribution >= 0.6 is 12.2 Å². The maximum atomic E-state index is 5.12. The molecule has 2 aromatic heterocycles. The van der Waals surface area contributed by atoms with Gasteiger partial charge in [-0.05, 0) is 25.2 Å². The Morgan fingerprint density at radius 3 is 2.83 bits per heavy atom. The van der Waals surface area contributed by atoms with E-state index in [2.05, 4.69) is 15.2 Å². The smallest absolute Gasteiger partial charge is 0.213 e. The summed E-state index contributed by atoms with van der Waals surface area (Å²) < 4.78 is 5.57. The normalized spacial score (nSPS) is 10.4. The van der Waals surface area contributed by atoms with E-state index in [1.165, 1.54) is 0 Å². The molecule has 0 atom stereocenters. The molecule has 5 heteroatoms. The predicted octanol–water partition coefficient (Wildman–Crippen LogP) is 2.04. The molecule has 0 saturated carbocycles. The van der Waals surface area contributed by atoms with Crippen LogP contribution in [0.4, 0.5) is 0 Å². The molecule has 0 saturated heterocycles. The Kier molecular flexibility index (Phi) is 1.58. The third-order valence-electron chi connectivity index (χ3n) is 1.51. The minimum absolute atomic E-state index is 0.448. The molecule has 0 fully saturated rings. The molecule has 62 valence electrons. The molecule has 0 spiro atoms. The van der Waals surface area contributed by atoms with E-state index >= 15 is 0 Å². The van der Waals surface area contributed by atoms with Crippen LogP contribution in [0, 0.1) is 11.7 Å². The van der Waals surface area contributed by atoms with Crippen LogP contribution in [0.5, 0.6) is 0 Å². The fraction of sp³-hybridized carbons (Fsp3) is 0.143. The molecule has 2 rings (SSSR count). The molecule has 4 nitrogen and oxygen atoms in total. The van der Waals surface area contributed by atoms with Crippen LogP contribution in [0.25, 0.3) is 11.4 Å². The van der Waals surface area contributed by atoms with E-state index in [0.717, 1.165) is 11.3 Å². The van der Waals surface area contributed by atoms with E-state index in [9.17, 15) is 0 Å². The molecule has 2 heterocycles. The fourth-order valence-corrected chi connectivity index (χ4v) is 1.12. The molecule has 0 radical (unpaired) electrons. The Morgan fingerprint density at radius 2 is 2.33 bits per heavy atom. The first-order valence-corrected chi connectivity index (χ1v) is 3.87. The Balaban J connectivity index is 2.50. The maximum absolute atomic E-state index is 5.12. The average molecular weight is 181 g/mol. The van der Waals surface area contributed by atoms with Crippen molar-refractivity contribution in [3.05, 3.63) is 22.9 Å². The average Bonchev–Trinajstić information content (AvgIpc) is 2.58. The summed E-state index contributed by atoms with van der Waals surface area (Å²) in [7, 11) is 0. The van der Waals surface area contributed by atoms with Gasteiger partial charge in [-0.25, -0.2) is 0 Å². The summed E-state index contributed by atoms with van der Waals surface area (Å²) >= 11 is 4.81. The lowest BCUT2D eigenvalue weighted by Crippen LogP contribution is -1.75. The number of hydrogen-bond donors (Lipinski definition) is 2. The molecule has 0 unspecified atom stereocenters. The summed E-state index contributed by atoms with van der Waals surface area (Å²) in [6.07, 6.45) is 1.64. The molecule has 0 bridgehead atoms. The highest BCUT2D eigenvalue weighted by atomic mass is 32.1. The van der Waals surface area contributed by atoms with Crippen molar-refractivity contribution in [3.63, 3.8) is 0 Å². The number of hydrogen-bond acceptors (Lipinski definition) is 3. The summed E-state index contributed by atoms with van der Waals surface area (Å²) in [5, 5.41) is 5.55. The number of H-pyrrole nitrogens is 2. The van der Waals surface area contributed by atoms with Gasteiger partial charge in [-0.3, -0.25) is 10.2 Å². The van der Waals surface area contributed by atoms with Crippen LogP contribution in [0.3, 0.4) is 0 Å².